The van der Waals surface area contributed by atoms with Crippen LogP contribution in [0.1, 0.15) is 89.5 Å². The van der Waals surface area contributed by atoms with E-state index in [4.69, 9.17) is 20.2 Å². The number of rotatable bonds is 4. The molecule has 0 aromatic heterocycles. The Morgan fingerprint density at radius 1 is 1.09 bits per heavy atom. The second-order valence-corrected chi connectivity index (χ2v) is 12.1. The number of hydrogen-bond acceptors (Lipinski definition) is 5. The third-order valence-corrected chi connectivity index (χ3v) is 8.27. The molecule has 1 aromatic carbocycles. The van der Waals surface area contributed by atoms with Crippen molar-refractivity contribution in [1.29, 1.82) is 0 Å². The number of fused-ring (bicyclic) bond motifs is 1. The van der Waals surface area contributed by atoms with E-state index in [1.54, 1.807) is 0 Å². The van der Waals surface area contributed by atoms with Crippen LogP contribution >= 0.6 is 0 Å². The molecule has 1 amide bonds. The largest absolute Gasteiger partial charge is 0.412 e. The first-order valence-corrected chi connectivity index (χ1v) is 12.9. The zero-order valence-corrected chi connectivity index (χ0v) is 20.2. The maximum atomic E-state index is 12.0. The lowest BCUT2D eigenvalue weighted by molar-refractivity contribution is -0.394. The normalized spacial score (nSPS) is 36.2. The van der Waals surface area contributed by atoms with Crippen LogP contribution in [-0.2, 0) is 9.78 Å². The first kappa shape index (κ1) is 23.1. The van der Waals surface area contributed by atoms with E-state index in [9.17, 15) is 4.79 Å². The summed E-state index contributed by atoms with van der Waals surface area (Å²) in [7, 11) is 0. The van der Waals surface area contributed by atoms with Crippen molar-refractivity contribution in [3.63, 3.8) is 0 Å². The molecule has 33 heavy (non-hydrogen) atoms. The maximum Gasteiger partial charge on any atom is 0.412 e. The van der Waals surface area contributed by atoms with Crippen LogP contribution in [0, 0.1) is 17.8 Å². The molecule has 2 aliphatic heterocycles. The number of carbonyl (C=O) groups excluding carboxylic acids is 1. The van der Waals surface area contributed by atoms with Crippen molar-refractivity contribution in [1.82, 2.24) is 5.32 Å². The number of nitrogens with two attached hydrogens (primary N) is 1. The van der Waals surface area contributed by atoms with Crippen molar-refractivity contribution < 1.29 is 19.3 Å². The molecular weight excluding hydrogens is 416 g/mol. The van der Waals surface area contributed by atoms with Gasteiger partial charge in [0.25, 0.3) is 0 Å². The summed E-state index contributed by atoms with van der Waals surface area (Å²) >= 11 is 0. The third-order valence-electron chi connectivity index (χ3n) is 8.27. The smallest absolute Gasteiger partial charge is 0.410 e. The van der Waals surface area contributed by atoms with Gasteiger partial charge in [-0.15, -0.1) is 0 Å². The molecule has 3 saturated carbocycles. The second-order valence-electron chi connectivity index (χ2n) is 12.1. The van der Waals surface area contributed by atoms with E-state index in [1.807, 2.05) is 26.0 Å². The van der Waals surface area contributed by atoms with Crippen LogP contribution in [0.5, 0.6) is 5.75 Å². The lowest BCUT2D eigenvalue weighted by Crippen LogP contribution is -2.45. The zero-order valence-electron chi connectivity index (χ0n) is 20.2. The van der Waals surface area contributed by atoms with Gasteiger partial charge in [0.2, 0.25) is 0 Å². The van der Waals surface area contributed by atoms with Crippen LogP contribution in [0.3, 0.4) is 0 Å². The van der Waals surface area contributed by atoms with Gasteiger partial charge in [-0.25, -0.2) is 14.6 Å². The average Bonchev–Trinajstić information content (AvgIpc) is 2.83. The molecular formula is C27H40N2O4. The van der Waals surface area contributed by atoms with E-state index < -0.39 is 11.6 Å². The van der Waals surface area contributed by atoms with E-state index in [0.717, 1.165) is 49.9 Å². The Kier molecular flexibility index (Phi) is 6.45. The predicted molar refractivity (Wildman–Crippen MR) is 127 cm³/mol. The SMILES string of the molecule is CC(C)(N)CNC(=O)Oc1ccc([C@@H]2CCC[C@]3(CC4CC5CC(C4)CC(C5)OO3)C2)cc1. The minimum Gasteiger partial charge on any atom is -0.410 e. The van der Waals surface area contributed by atoms with Crippen LogP contribution in [0.4, 0.5) is 4.79 Å². The summed E-state index contributed by atoms with van der Waals surface area (Å²) in [4.78, 5) is 24.5. The number of benzene rings is 1. The van der Waals surface area contributed by atoms with Crippen molar-refractivity contribution in [2.45, 2.75) is 101 Å². The first-order valence-electron chi connectivity index (χ1n) is 12.9. The highest BCUT2D eigenvalue weighted by Crippen LogP contribution is 2.52. The summed E-state index contributed by atoms with van der Waals surface area (Å²) in [6, 6.07) is 7.99. The molecule has 5 aliphatic rings. The molecule has 1 aromatic rings. The molecule has 6 nitrogen and oxygen atoms in total. The van der Waals surface area contributed by atoms with Crippen molar-refractivity contribution >= 4 is 6.09 Å². The number of carbonyl (C=O) groups is 1. The fourth-order valence-electron chi connectivity index (χ4n) is 7.02. The van der Waals surface area contributed by atoms with Gasteiger partial charge in [0, 0.05) is 12.1 Å². The van der Waals surface area contributed by atoms with Crippen LogP contribution in [0.15, 0.2) is 24.3 Å². The molecule has 3 N–H and O–H groups in total. The van der Waals surface area contributed by atoms with E-state index >= 15 is 0 Å². The lowest BCUT2D eigenvalue weighted by Gasteiger charge is -2.43. The quantitative estimate of drug-likeness (QED) is 0.588. The third kappa shape index (κ3) is 5.72. The topological polar surface area (TPSA) is 82.8 Å². The summed E-state index contributed by atoms with van der Waals surface area (Å²) in [5.74, 6) is 3.45. The molecule has 2 saturated heterocycles. The molecule has 0 radical (unpaired) electrons. The van der Waals surface area contributed by atoms with Crippen molar-refractivity contribution in [3.05, 3.63) is 29.8 Å². The summed E-state index contributed by atoms with van der Waals surface area (Å²) < 4.78 is 5.42. The summed E-state index contributed by atoms with van der Waals surface area (Å²) in [5, 5.41) is 2.71. The number of nitrogens with one attached hydrogen (secondary N) is 1. The molecule has 5 fully saturated rings. The van der Waals surface area contributed by atoms with Crippen molar-refractivity contribution in [2.75, 3.05) is 6.54 Å². The molecule has 2 heterocycles. The number of amides is 1. The Bertz CT molecular complexity index is 822. The molecule has 6 rings (SSSR count). The predicted octanol–water partition coefficient (Wildman–Crippen LogP) is 5.46. The minimum absolute atomic E-state index is 0.156. The molecule has 2 unspecified atom stereocenters. The van der Waals surface area contributed by atoms with Gasteiger partial charge in [0.15, 0.2) is 0 Å². The lowest BCUT2D eigenvalue weighted by atomic mass is 9.63. The van der Waals surface area contributed by atoms with Gasteiger partial charge in [0.1, 0.15) is 11.4 Å². The molecule has 4 bridgehead atoms. The fourth-order valence-corrected chi connectivity index (χ4v) is 7.02. The van der Waals surface area contributed by atoms with Crippen LogP contribution in [0.2, 0.25) is 0 Å². The minimum atomic E-state index is -0.474. The summed E-state index contributed by atoms with van der Waals surface area (Å²) in [6.45, 7) is 4.09. The van der Waals surface area contributed by atoms with Crippen LogP contribution < -0.4 is 15.8 Å². The number of hydrogen-bond donors (Lipinski definition) is 2. The Morgan fingerprint density at radius 3 is 2.48 bits per heavy atom. The molecule has 6 heteroatoms. The van der Waals surface area contributed by atoms with Gasteiger partial charge in [-0.05, 0) is 119 Å². The van der Waals surface area contributed by atoms with E-state index in [1.165, 1.54) is 37.7 Å². The molecule has 4 atom stereocenters. The average molecular weight is 457 g/mol. The Balaban J connectivity index is 1.23. The zero-order chi connectivity index (χ0) is 23.1. The molecule has 1 spiro atoms. The first-order chi connectivity index (χ1) is 15.8. The Morgan fingerprint density at radius 2 is 1.79 bits per heavy atom. The molecule has 182 valence electrons. The highest BCUT2D eigenvalue weighted by Gasteiger charge is 2.47. The fraction of sp³-hybridized carbons (Fsp3) is 0.741. The van der Waals surface area contributed by atoms with Gasteiger partial charge in [-0.1, -0.05) is 12.1 Å². The van der Waals surface area contributed by atoms with Crippen LogP contribution in [0.25, 0.3) is 0 Å². The Labute approximate surface area is 197 Å². The van der Waals surface area contributed by atoms with Gasteiger partial charge in [-0.2, -0.15) is 0 Å². The van der Waals surface area contributed by atoms with Gasteiger partial charge >= 0.3 is 6.09 Å². The van der Waals surface area contributed by atoms with Gasteiger partial charge in [0.05, 0.1) is 6.10 Å². The van der Waals surface area contributed by atoms with Crippen molar-refractivity contribution in [2.24, 2.45) is 23.5 Å². The highest BCUT2D eigenvalue weighted by molar-refractivity contribution is 5.70. The number of ether oxygens (including phenoxy) is 1. The summed E-state index contributed by atoms with van der Waals surface area (Å²) in [6.07, 6.45) is 11.9. The van der Waals surface area contributed by atoms with E-state index in [-0.39, 0.29) is 11.7 Å². The van der Waals surface area contributed by atoms with Gasteiger partial charge in [-0.3, -0.25) is 0 Å². The van der Waals surface area contributed by atoms with Crippen molar-refractivity contribution in [3.8, 4) is 5.75 Å². The highest BCUT2D eigenvalue weighted by atomic mass is 17.2. The summed E-state index contributed by atoms with van der Waals surface area (Å²) in [5.41, 5.74) is 6.58. The maximum absolute atomic E-state index is 12.0. The molecule has 3 aliphatic carbocycles. The standard InChI is InChI=1S/C27H40N2O4/c1-26(2,28)17-29-25(30)31-23-7-5-21(6-8-23)22-4-3-9-27(16-22)15-20-11-18-10-19(12-20)14-24(13-18)32-33-27/h5-8,18-20,22,24H,3-4,9-17,28H2,1-2H3,(H,29,30)/t18?,19?,20?,22-,24?,27+/m1/s1. The van der Waals surface area contributed by atoms with E-state index in [0.29, 0.717) is 18.2 Å². The van der Waals surface area contributed by atoms with E-state index in [2.05, 4.69) is 17.4 Å². The monoisotopic (exact) mass is 456 g/mol. The van der Waals surface area contributed by atoms with Crippen LogP contribution in [-0.4, -0.2) is 29.9 Å². The van der Waals surface area contributed by atoms with Gasteiger partial charge < -0.3 is 15.8 Å². The second kappa shape index (κ2) is 9.20. The Hall–Kier alpha value is -1.63.